The van der Waals surface area contributed by atoms with Crippen molar-refractivity contribution in [3.8, 4) is 5.75 Å². The Morgan fingerprint density at radius 3 is 2.95 bits per heavy atom. The molecule has 1 aromatic carbocycles. The summed E-state index contributed by atoms with van der Waals surface area (Å²) < 4.78 is 13.0. The summed E-state index contributed by atoms with van der Waals surface area (Å²) in [6.45, 7) is 7.07. The van der Waals surface area contributed by atoms with Gasteiger partial charge in [0.05, 0.1) is 6.61 Å². The van der Waals surface area contributed by atoms with Gasteiger partial charge >= 0.3 is 0 Å². The Morgan fingerprint density at radius 1 is 1.24 bits per heavy atom. The summed E-state index contributed by atoms with van der Waals surface area (Å²) in [5.74, 6) is 1.69. The van der Waals surface area contributed by atoms with Gasteiger partial charge in [0.25, 0.3) is 0 Å². The van der Waals surface area contributed by atoms with Gasteiger partial charge in [0.15, 0.2) is 0 Å². The number of hydrogen-bond acceptors (Lipinski definition) is 4. The van der Waals surface area contributed by atoms with Gasteiger partial charge in [-0.3, -0.25) is 0 Å². The van der Waals surface area contributed by atoms with Gasteiger partial charge in [-0.05, 0) is 32.4 Å². The minimum Gasteiger partial charge on any atom is -0.494 e. The van der Waals surface area contributed by atoms with Crippen LogP contribution in [0.15, 0.2) is 36.7 Å². The summed E-state index contributed by atoms with van der Waals surface area (Å²) in [4.78, 5) is 4.36. The molecule has 0 bridgehead atoms. The van der Waals surface area contributed by atoms with Gasteiger partial charge in [0, 0.05) is 43.9 Å². The molecule has 1 heterocycles. The van der Waals surface area contributed by atoms with Crippen LogP contribution < -0.4 is 10.1 Å². The lowest BCUT2D eigenvalue weighted by atomic mass is 10.3. The fourth-order valence-electron chi connectivity index (χ4n) is 2.05. The maximum absolute atomic E-state index is 5.50. The lowest BCUT2D eigenvalue weighted by Crippen LogP contribution is -2.06. The molecule has 5 nitrogen and oxygen atoms in total. The summed E-state index contributed by atoms with van der Waals surface area (Å²) in [5, 5.41) is 3.32. The van der Waals surface area contributed by atoms with Crippen molar-refractivity contribution in [3.05, 3.63) is 36.7 Å². The molecule has 0 radical (unpaired) electrons. The summed E-state index contributed by atoms with van der Waals surface area (Å²) >= 11 is 0. The van der Waals surface area contributed by atoms with Crippen LogP contribution in [0.25, 0.3) is 0 Å². The van der Waals surface area contributed by atoms with Gasteiger partial charge in [-0.1, -0.05) is 6.07 Å². The Labute approximate surface area is 125 Å². The van der Waals surface area contributed by atoms with E-state index in [2.05, 4.69) is 14.9 Å². The van der Waals surface area contributed by atoms with Crippen molar-refractivity contribution < 1.29 is 9.47 Å². The molecule has 0 fully saturated rings. The van der Waals surface area contributed by atoms with E-state index in [0.29, 0.717) is 6.61 Å². The highest BCUT2D eigenvalue weighted by Crippen LogP contribution is 2.20. The number of hydrogen-bond donors (Lipinski definition) is 1. The Hall–Kier alpha value is -2.01. The van der Waals surface area contributed by atoms with Crippen LogP contribution in [0, 0.1) is 0 Å². The van der Waals surface area contributed by atoms with Gasteiger partial charge in [-0.15, -0.1) is 0 Å². The number of anilines is 2. The highest BCUT2D eigenvalue weighted by atomic mass is 16.5. The number of aromatic nitrogens is 2. The average molecular weight is 289 g/mol. The van der Waals surface area contributed by atoms with Crippen LogP contribution in [0.4, 0.5) is 11.6 Å². The summed E-state index contributed by atoms with van der Waals surface area (Å²) in [7, 11) is 0. The second-order valence-corrected chi connectivity index (χ2v) is 4.58. The van der Waals surface area contributed by atoms with E-state index in [1.807, 2.05) is 44.3 Å². The predicted molar refractivity (Wildman–Crippen MR) is 84.2 cm³/mol. The maximum atomic E-state index is 5.50. The quantitative estimate of drug-likeness (QED) is 0.718. The monoisotopic (exact) mass is 289 g/mol. The zero-order valence-corrected chi connectivity index (χ0v) is 12.7. The molecule has 21 heavy (non-hydrogen) atoms. The molecular weight excluding hydrogens is 266 g/mol. The second kappa shape index (κ2) is 8.32. The van der Waals surface area contributed by atoms with Crippen LogP contribution in [0.5, 0.6) is 5.75 Å². The minimum absolute atomic E-state index is 0.662. The van der Waals surface area contributed by atoms with Gasteiger partial charge < -0.3 is 19.4 Å². The molecule has 0 aliphatic rings. The van der Waals surface area contributed by atoms with E-state index in [0.717, 1.165) is 43.6 Å². The number of imidazole rings is 1. The molecule has 5 heteroatoms. The molecule has 114 valence electrons. The summed E-state index contributed by atoms with van der Waals surface area (Å²) in [6.07, 6.45) is 4.74. The van der Waals surface area contributed by atoms with Crippen LogP contribution in [0.1, 0.15) is 20.3 Å². The maximum Gasteiger partial charge on any atom is 0.207 e. The van der Waals surface area contributed by atoms with Crippen molar-refractivity contribution >= 4 is 11.6 Å². The number of aryl methyl sites for hydroxylation is 1. The normalized spacial score (nSPS) is 10.6. The highest BCUT2D eigenvalue weighted by Gasteiger charge is 2.04. The molecule has 0 unspecified atom stereocenters. The third kappa shape index (κ3) is 4.79. The van der Waals surface area contributed by atoms with Crippen molar-refractivity contribution in [1.82, 2.24) is 9.55 Å². The lowest BCUT2D eigenvalue weighted by Gasteiger charge is -2.11. The van der Waals surface area contributed by atoms with Gasteiger partial charge in [-0.25, -0.2) is 4.98 Å². The van der Waals surface area contributed by atoms with E-state index in [-0.39, 0.29) is 0 Å². The predicted octanol–water partition coefficient (Wildman–Crippen LogP) is 3.45. The first-order valence-corrected chi connectivity index (χ1v) is 7.42. The molecule has 2 rings (SSSR count). The standard InChI is InChI=1S/C16H23N3O2/c1-3-20-12-6-10-19-11-9-17-16(19)18-14-7-5-8-15(13-14)21-4-2/h5,7-9,11,13H,3-4,6,10,12H2,1-2H3,(H,17,18). The number of nitrogens with one attached hydrogen (secondary N) is 1. The first-order valence-electron chi connectivity index (χ1n) is 7.42. The Kier molecular flexibility index (Phi) is 6.09. The smallest absolute Gasteiger partial charge is 0.207 e. The molecular formula is C16H23N3O2. The summed E-state index contributed by atoms with van der Waals surface area (Å²) in [6, 6.07) is 7.89. The molecule has 0 aliphatic heterocycles. The Balaban J connectivity index is 1.96. The molecule has 2 aromatic rings. The number of nitrogens with zero attached hydrogens (tertiary/aromatic N) is 2. The molecule has 0 spiro atoms. The molecule has 0 saturated heterocycles. The zero-order chi connectivity index (χ0) is 14.9. The van der Waals surface area contributed by atoms with E-state index >= 15 is 0 Å². The minimum atomic E-state index is 0.662. The average Bonchev–Trinajstić information content (AvgIpc) is 2.92. The van der Waals surface area contributed by atoms with E-state index in [9.17, 15) is 0 Å². The number of rotatable bonds is 9. The Morgan fingerprint density at radius 2 is 2.14 bits per heavy atom. The van der Waals surface area contributed by atoms with Gasteiger partial charge in [0.1, 0.15) is 5.75 Å². The Bertz CT molecular complexity index is 540. The first-order chi connectivity index (χ1) is 10.3. The van der Waals surface area contributed by atoms with Crippen LogP contribution in [0.2, 0.25) is 0 Å². The first kappa shape index (κ1) is 15.4. The van der Waals surface area contributed by atoms with Crippen molar-refractivity contribution in [2.75, 3.05) is 25.1 Å². The molecule has 0 amide bonds. The second-order valence-electron chi connectivity index (χ2n) is 4.58. The molecule has 0 atom stereocenters. The number of ether oxygens (including phenoxy) is 2. The fourth-order valence-corrected chi connectivity index (χ4v) is 2.05. The van der Waals surface area contributed by atoms with E-state index in [4.69, 9.17) is 9.47 Å². The molecule has 1 aromatic heterocycles. The van der Waals surface area contributed by atoms with Gasteiger partial charge in [-0.2, -0.15) is 0 Å². The van der Waals surface area contributed by atoms with Crippen molar-refractivity contribution in [3.63, 3.8) is 0 Å². The molecule has 1 N–H and O–H groups in total. The molecule has 0 aliphatic carbocycles. The van der Waals surface area contributed by atoms with Crippen LogP contribution >= 0.6 is 0 Å². The SMILES string of the molecule is CCOCCCn1ccnc1Nc1cccc(OCC)c1. The van der Waals surface area contributed by atoms with E-state index in [1.54, 1.807) is 6.20 Å². The third-order valence-electron chi connectivity index (χ3n) is 3.01. The van der Waals surface area contributed by atoms with Crippen LogP contribution in [0.3, 0.4) is 0 Å². The van der Waals surface area contributed by atoms with Crippen molar-refractivity contribution in [2.24, 2.45) is 0 Å². The van der Waals surface area contributed by atoms with Crippen molar-refractivity contribution in [1.29, 1.82) is 0 Å². The van der Waals surface area contributed by atoms with Crippen LogP contribution in [-0.2, 0) is 11.3 Å². The van der Waals surface area contributed by atoms with E-state index < -0.39 is 0 Å². The topological polar surface area (TPSA) is 48.3 Å². The summed E-state index contributed by atoms with van der Waals surface area (Å²) in [5.41, 5.74) is 0.971. The fraction of sp³-hybridized carbons (Fsp3) is 0.438. The third-order valence-corrected chi connectivity index (χ3v) is 3.01. The number of benzene rings is 1. The largest absolute Gasteiger partial charge is 0.494 e. The lowest BCUT2D eigenvalue weighted by molar-refractivity contribution is 0.142. The molecule has 0 saturated carbocycles. The van der Waals surface area contributed by atoms with Crippen molar-refractivity contribution in [2.45, 2.75) is 26.8 Å². The van der Waals surface area contributed by atoms with E-state index in [1.165, 1.54) is 0 Å². The van der Waals surface area contributed by atoms with Gasteiger partial charge in [0.2, 0.25) is 5.95 Å². The van der Waals surface area contributed by atoms with Crippen LogP contribution in [-0.4, -0.2) is 29.4 Å². The zero-order valence-electron chi connectivity index (χ0n) is 12.7. The highest BCUT2D eigenvalue weighted by molar-refractivity contribution is 5.56.